The normalized spacial score (nSPS) is 18.9. The summed E-state index contributed by atoms with van der Waals surface area (Å²) in [5.41, 5.74) is 0. The van der Waals surface area contributed by atoms with Crippen molar-refractivity contribution in [3.63, 3.8) is 0 Å². The summed E-state index contributed by atoms with van der Waals surface area (Å²) in [5.74, 6) is 0. The number of aliphatic hydroxyl groups is 1. The molecule has 6 nitrogen and oxygen atoms in total. The van der Waals surface area contributed by atoms with Gasteiger partial charge in [0.2, 0.25) is 0 Å². The minimum Gasteiger partial charge on any atom is -0.390 e. The van der Waals surface area contributed by atoms with Crippen LogP contribution in [0.25, 0.3) is 0 Å². The molecule has 0 aliphatic carbocycles. The predicted molar refractivity (Wildman–Crippen MR) is 75.5 cm³/mol. The summed E-state index contributed by atoms with van der Waals surface area (Å²) in [6.45, 7) is 7.91. The van der Waals surface area contributed by atoms with Crippen molar-refractivity contribution in [3.8, 4) is 0 Å². The molecule has 0 spiro atoms. The first-order valence-corrected chi connectivity index (χ1v) is 7.10. The van der Waals surface area contributed by atoms with Crippen LogP contribution in [0.4, 0.5) is 0 Å². The van der Waals surface area contributed by atoms with Crippen molar-refractivity contribution in [2.45, 2.75) is 6.10 Å². The Kier molecular flexibility index (Phi) is 9.32. The van der Waals surface area contributed by atoms with E-state index in [0.29, 0.717) is 13.2 Å². The molecule has 1 fully saturated rings. The molecule has 114 valence electrons. The maximum Gasteiger partial charge on any atom is 0.0791 e. The molecule has 1 rings (SSSR count). The third-order valence-electron chi connectivity index (χ3n) is 3.06. The van der Waals surface area contributed by atoms with E-state index in [2.05, 4.69) is 15.1 Å². The van der Waals surface area contributed by atoms with Crippen molar-refractivity contribution in [2.24, 2.45) is 0 Å². The van der Waals surface area contributed by atoms with Gasteiger partial charge in [0.05, 0.1) is 32.5 Å². The van der Waals surface area contributed by atoms with Gasteiger partial charge in [-0.2, -0.15) is 0 Å². The van der Waals surface area contributed by atoms with Crippen molar-refractivity contribution < 1.29 is 14.6 Å². The van der Waals surface area contributed by atoms with Gasteiger partial charge in [-0.05, 0) is 14.1 Å². The van der Waals surface area contributed by atoms with Crippen LogP contribution in [0.2, 0.25) is 0 Å². The molecular weight excluding hydrogens is 246 g/mol. The molecule has 1 saturated heterocycles. The Morgan fingerprint density at radius 3 is 2.74 bits per heavy atom. The van der Waals surface area contributed by atoms with Crippen LogP contribution in [0.3, 0.4) is 0 Å². The fraction of sp³-hybridized carbons (Fsp3) is 1.00. The molecule has 19 heavy (non-hydrogen) atoms. The van der Waals surface area contributed by atoms with Gasteiger partial charge in [-0.1, -0.05) is 0 Å². The lowest BCUT2D eigenvalue weighted by molar-refractivity contribution is 0.0146. The Hall–Kier alpha value is -0.240. The van der Waals surface area contributed by atoms with Crippen LogP contribution in [-0.4, -0.2) is 101 Å². The molecule has 1 unspecified atom stereocenters. The topological polar surface area (TPSA) is 57.2 Å². The number of ether oxygens (including phenoxy) is 2. The first kappa shape index (κ1) is 16.8. The summed E-state index contributed by atoms with van der Waals surface area (Å²) >= 11 is 0. The summed E-state index contributed by atoms with van der Waals surface area (Å²) in [5, 5.41) is 13.1. The van der Waals surface area contributed by atoms with Crippen LogP contribution < -0.4 is 5.32 Å². The molecule has 1 aliphatic rings. The largest absolute Gasteiger partial charge is 0.390 e. The molecule has 1 atom stereocenters. The zero-order chi connectivity index (χ0) is 13.9. The Balaban J connectivity index is 1.88. The number of likely N-dealkylation sites (N-methyl/N-ethyl adjacent to an activating group) is 1. The van der Waals surface area contributed by atoms with E-state index in [1.807, 2.05) is 14.1 Å². The molecule has 0 radical (unpaired) electrons. The van der Waals surface area contributed by atoms with Gasteiger partial charge in [0.15, 0.2) is 0 Å². The molecule has 0 saturated carbocycles. The predicted octanol–water partition coefficient (Wildman–Crippen LogP) is -1.15. The molecule has 1 aliphatic heterocycles. The lowest BCUT2D eigenvalue weighted by Gasteiger charge is -2.28. The number of nitrogens with one attached hydrogen (secondary N) is 1. The molecule has 0 aromatic carbocycles. The third kappa shape index (κ3) is 9.32. The van der Waals surface area contributed by atoms with Crippen LogP contribution in [0.15, 0.2) is 0 Å². The maximum atomic E-state index is 9.88. The Morgan fingerprint density at radius 1 is 1.32 bits per heavy atom. The molecule has 0 aromatic heterocycles. The number of morpholine rings is 1. The van der Waals surface area contributed by atoms with Gasteiger partial charge in [-0.25, -0.2) is 0 Å². The molecule has 0 bridgehead atoms. The van der Waals surface area contributed by atoms with Crippen LogP contribution in [0.1, 0.15) is 0 Å². The second kappa shape index (κ2) is 10.5. The van der Waals surface area contributed by atoms with Crippen LogP contribution in [0.5, 0.6) is 0 Å². The van der Waals surface area contributed by atoms with Crippen LogP contribution >= 0.6 is 0 Å². The lowest BCUT2D eigenvalue weighted by atomic mass is 10.3. The first-order chi connectivity index (χ1) is 9.18. The van der Waals surface area contributed by atoms with Crippen molar-refractivity contribution in [3.05, 3.63) is 0 Å². The number of β-amino-alcohol motifs (C(OH)–C–C–N with tert-alkyl or cyclic N) is 1. The average Bonchev–Trinajstić information content (AvgIpc) is 2.38. The lowest BCUT2D eigenvalue weighted by Crippen LogP contribution is -2.44. The Bertz CT molecular complexity index is 211. The highest BCUT2D eigenvalue weighted by molar-refractivity contribution is 4.69. The summed E-state index contributed by atoms with van der Waals surface area (Å²) in [6.07, 6.45) is -0.320. The minimum atomic E-state index is -0.320. The SMILES string of the molecule is CN(C)CCOCCNCC(O)CN1CCOCC1. The van der Waals surface area contributed by atoms with Gasteiger partial charge >= 0.3 is 0 Å². The molecule has 6 heteroatoms. The van der Waals surface area contributed by atoms with E-state index < -0.39 is 0 Å². The fourth-order valence-electron chi connectivity index (χ4n) is 1.91. The van der Waals surface area contributed by atoms with Gasteiger partial charge in [0, 0.05) is 39.3 Å². The van der Waals surface area contributed by atoms with Crippen molar-refractivity contribution in [1.29, 1.82) is 0 Å². The van der Waals surface area contributed by atoms with E-state index >= 15 is 0 Å². The third-order valence-corrected chi connectivity index (χ3v) is 3.06. The highest BCUT2D eigenvalue weighted by Gasteiger charge is 2.14. The Morgan fingerprint density at radius 2 is 2.05 bits per heavy atom. The summed E-state index contributed by atoms with van der Waals surface area (Å²) in [7, 11) is 4.06. The van der Waals surface area contributed by atoms with Crippen molar-refractivity contribution in [2.75, 3.05) is 79.8 Å². The van der Waals surface area contributed by atoms with E-state index in [1.54, 1.807) is 0 Å². The minimum absolute atomic E-state index is 0.320. The van der Waals surface area contributed by atoms with Crippen molar-refractivity contribution >= 4 is 0 Å². The second-order valence-corrected chi connectivity index (χ2v) is 5.19. The molecule has 0 aromatic rings. The second-order valence-electron chi connectivity index (χ2n) is 5.19. The smallest absolute Gasteiger partial charge is 0.0791 e. The summed E-state index contributed by atoms with van der Waals surface area (Å²) < 4.78 is 10.7. The van der Waals surface area contributed by atoms with Gasteiger partial charge in [0.1, 0.15) is 0 Å². The summed E-state index contributed by atoms with van der Waals surface area (Å²) in [6, 6.07) is 0. The average molecular weight is 275 g/mol. The summed E-state index contributed by atoms with van der Waals surface area (Å²) in [4.78, 5) is 4.34. The van der Waals surface area contributed by atoms with E-state index in [1.165, 1.54) is 0 Å². The molecule has 0 amide bonds. The van der Waals surface area contributed by atoms with E-state index in [0.717, 1.165) is 52.5 Å². The Labute approximate surface area is 116 Å². The molecule has 2 N–H and O–H groups in total. The zero-order valence-corrected chi connectivity index (χ0v) is 12.3. The first-order valence-electron chi connectivity index (χ1n) is 7.10. The van der Waals surface area contributed by atoms with Gasteiger partial charge in [0.25, 0.3) is 0 Å². The molecular formula is C13H29N3O3. The van der Waals surface area contributed by atoms with E-state index in [9.17, 15) is 5.11 Å². The number of hydrogen-bond donors (Lipinski definition) is 2. The van der Waals surface area contributed by atoms with Crippen molar-refractivity contribution in [1.82, 2.24) is 15.1 Å². The number of nitrogens with zero attached hydrogens (tertiary/aromatic N) is 2. The zero-order valence-electron chi connectivity index (χ0n) is 12.3. The quantitative estimate of drug-likeness (QED) is 0.491. The number of rotatable bonds is 10. The van der Waals surface area contributed by atoms with Gasteiger partial charge < -0.3 is 24.8 Å². The number of hydrogen-bond acceptors (Lipinski definition) is 6. The van der Waals surface area contributed by atoms with Crippen LogP contribution in [-0.2, 0) is 9.47 Å². The highest BCUT2D eigenvalue weighted by Crippen LogP contribution is 1.97. The maximum absolute atomic E-state index is 9.88. The standard InChI is InChI=1S/C13H29N3O3/c1-15(2)4-8-18-7-3-14-11-13(17)12-16-5-9-19-10-6-16/h13-14,17H,3-12H2,1-2H3. The van der Waals surface area contributed by atoms with E-state index in [4.69, 9.17) is 9.47 Å². The molecule has 1 heterocycles. The van der Waals surface area contributed by atoms with E-state index in [-0.39, 0.29) is 6.10 Å². The van der Waals surface area contributed by atoms with Gasteiger partial charge in [-0.3, -0.25) is 4.90 Å². The number of aliphatic hydroxyl groups excluding tert-OH is 1. The monoisotopic (exact) mass is 275 g/mol. The highest BCUT2D eigenvalue weighted by atomic mass is 16.5. The fourth-order valence-corrected chi connectivity index (χ4v) is 1.91. The van der Waals surface area contributed by atoms with Gasteiger partial charge in [-0.15, -0.1) is 0 Å². The van der Waals surface area contributed by atoms with Crippen LogP contribution in [0, 0.1) is 0 Å².